The van der Waals surface area contributed by atoms with Gasteiger partial charge in [-0.05, 0) is 60.1 Å². The third-order valence-electron chi connectivity index (χ3n) is 10.2. The van der Waals surface area contributed by atoms with Crippen LogP contribution in [0.25, 0.3) is 33.6 Å². The molecule has 8 nitrogen and oxygen atoms in total. The van der Waals surface area contributed by atoms with Crippen molar-refractivity contribution in [2.75, 3.05) is 13.1 Å². The number of imidazole rings is 2. The summed E-state index contributed by atoms with van der Waals surface area (Å²) >= 11 is 0. The molecule has 2 fully saturated rings. The van der Waals surface area contributed by atoms with E-state index in [0.29, 0.717) is 43.0 Å². The van der Waals surface area contributed by atoms with Gasteiger partial charge in [-0.1, -0.05) is 84.9 Å². The Balaban J connectivity index is 0.952. The van der Waals surface area contributed by atoms with Gasteiger partial charge in [0, 0.05) is 24.2 Å². The van der Waals surface area contributed by atoms with Gasteiger partial charge in [-0.15, -0.1) is 0 Å². The van der Waals surface area contributed by atoms with E-state index < -0.39 is 11.6 Å². The minimum atomic E-state index is -0.583. The predicted octanol–water partition coefficient (Wildman–Crippen LogP) is 8.22. The van der Waals surface area contributed by atoms with E-state index in [9.17, 15) is 9.59 Å². The molecule has 0 spiro atoms. The molecule has 6 aromatic rings. The van der Waals surface area contributed by atoms with E-state index in [-0.39, 0.29) is 35.0 Å². The second kappa shape index (κ2) is 14.4. The number of benzene rings is 4. The van der Waals surface area contributed by atoms with Gasteiger partial charge in [0.1, 0.15) is 23.3 Å². The number of nitrogens with zero attached hydrogens (tertiary/aromatic N) is 4. The lowest BCUT2D eigenvalue weighted by atomic mass is 10.00. The van der Waals surface area contributed by atoms with Crippen molar-refractivity contribution in [3.8, 4) is 33.6 Å². The van der Waals surface area contributed by atoms with Crippen molar-refractivity contribution in [3.05, 3.63) is 144 Å². The number of likely N-dealkylation sites (tertiary alicyclic amines) is 2. The van der Waals surface area contributed by atoms with Crippen molar-refractivity contribution >= 4 is 11.8 Å². The van der Waals surface area contributed by atoms with Gasteiger partial charge in [0.15, 0.2) is 0 Å². The van der Waals surface area contributed by atoms with Gasteiger partial charge in [0.2, 0.25) is 11.8 Å². The zero-order valence-electron chi connectivity index (χ0n) is 28.6. The number of hydrogen-bond acceptors (Lipinski definition) is 4. The Morgan fingerprint density at radius 1 is 0.615 bits per heavy atom. The lowest BCUT2D eigenvalue weighted by Crippen LogP contribution is -2.32. The molecule has 2 atom stereocenters. The van der Waals surface area contributed by atoms with Gasteiger partial charge >= 0.3 is 0 Å². The Kier molecular flexibility index (Phi) is 9.20. The number of aromatic nitrogens is 4. The van der Waals surface area contributed by atoms with E-state index >= 15 is 8.78 Å². The van der Waals surface area contributed by atoms with Crippen LogP contribution in [-0.2, 0) is 22.4 Å². The summed E-state index contributed by atoms with van der Waals surface area (Å²) in [7, 11) is 0. The van der Waals surface area contributed by atoms with E-state index in [1.165, 1.54) is 18.3 Å². The molecule has 0 bridgehead atoms. The molecule has 262 valence electrons. The van der Waals surface area contributed by atoms with E-state index in [0.717, 1.165) is 53.9 Å². The van der Waals surface area contributed by atoms with Crippen LogP contribution in [0.15, 0.2) is 109 Å². The standard InChI is InChI=1S/C42H38F2N6O2/c43-33-24-32(36-26-46-42(48-36)38-14-8-20-50(38)40(52)22-28-11-5-2-6-12-28)34(44)23-31(33)29-15-17-30(18-16-29)35-25-45-41(47-35)37-13-7-19-49(37)39(51)21-27-9-3-1-4-10-27/h1-6,9-12,15-18,23-26,37-38H,7-8,13-14,19-22H2,(H,45,47)(H,46,48)/t37?,38-/m0/s1. The highest BCUT2D eigenvalue weighted by Crippen LogP contribution is 2.36. The number of halogens is 2. The normalized spacial score (nSPS) is 17.2. The Morgan fingerprint density at radius 3 is 1.63 bits per heavy atom. The number of H-pyrrole nitrogens is 2. The third kappa shape index (κ3) is 6.76. The van der Waals surface area contributed by atoms with Gasteiger partial charge in [-0.25, -0.2) is 18.7 Å². The quantitative estimate of drug-likeness (QED) is 0.159. The minimum absolute atomic E-state index is 0.0127. The molecule has 4 aromatic carbocycles. The van der Waals surface area contributed by atoms with Gasteiger partial charge < -0.3 is 19.8 Å². The first-order valence-corrected chi connectivity index (χ1v) is 17.8. The predicted molar refractivity (Wildman–Crippen MR) is 195 cm³/mol. The molecule has 0 saturated carbocycles. The minimum Gasteiger partial charge on any atom is -0.340 e. The molecule has 0 aliphatic carbocycles. The Labute approximate surface area is 300 Å². The van der Waals surface area contributed by atoms with E-state index in [1.54, 1.807) is 18.3 Å². The maximum Gasteiger partial charge on any atom is 0.227 e. The highest BCUT2D eigenvalue weighted by atomic mass is 19.1. The number of carbonyl (C=O) groups excluding carboxylic acids is 2. The SMILES string of the molecule is O=C(Cc1ccccc1)N1CCCC1c1ncc(-c2ccc(-c3cc(F)c(-c4cnc([C@@H]5CCCN5C(=O)Cc5ccccc5)[nH]4)cc3F)cc2)[nH]1. The van der Waals surface area contributed by atoms with Crippen LogP contribution in [0.2, 0.25) is 0 Å². The smallest absolute Gasteiger partial charge is 0.227 e. The molecule has 8 rings (SSSR count). The Hall–Kier alpha value is -5.90. The molecule has 2 aliphatic rings. The molecular formula is C42H38F2N6O2. The molecule has 4 heterocycles. The summed E-state index contributed by atoms with van der Waals surface area (Å²) in [6.07, 6.45) is 7.23. The Bertz CT molecular complexity index is 2200. The average Bonchev–Trinajstić information content (AvgIpc) is 4.00. The fourth-order valence-electron chi connectivity index (χ4n) is 7.54. The molecule has 2 saturated heterocycles. The molecule has 1 unspecified atom stereocenters. The summed E-state index contributed by atoms with van der Waals surface area (Å²) in [6.45, 7) is 1.32. The van der Waals surface area contributed by atoms with E-state index in [4.69, 9.17) is 0 Å². The van der Waals surface area contributed by atoms with Crippen molar-refractivity contribution in [1.82, 2.24) is 29.7 Å². The molecule has 2 N–H and O–H groups in total. The number of hydrogen-bond donors (Lipinski definition) is 2. The summed E-state index contributed by atoms with van der Waals surface area (Å²) in [5.41, 5.74) is 4.66. The first kappa shape index (κ1) is 33.3. The molecular weight excluding hydrogens is 658 g/mol. The van der Waals surface area contributed by atoms with Crippen LogP contribution >= 0.6 is 0 Å². The number of amides is 2. The first-order valence-electron chi connectivity index (χ1n) is 17.8. The third-order valence-corrected chi connectivity index (χ3v) is 10.2. The monoisotopic (exact) mass is 696 g/mol. The summed E-state index contributed by atoms with van der Waals surface area (Å²) in [5, 5.41) is 0. The summed E-state index contributed by atoms with van der Waals surface area (Å²) in [4.78, 5) is 45.7. The molecule has 2 amide bonds. The first-order chi connectivity index (χ1) is 25.4. The van der Waals surface area contributed by atoms with Crippen molar-refractivity contribution in [2.45, 2.75) is 50.6 Å². The zero-order chi connectivity index (χ0) is 35.6. The maximum atomic E-state index is 15.6. The molecule has 0 radical (unpaired) electrons. The number of rotatable bonds is 9. The van der Waals surface area contributed by atoms with Gasteiger partial charge in [-0.2, -0.15) is 0 Å². The van der Waals surface area contributed by atoms with Gasteiger partial charge in [-0.3, -0.25) is 9.59 Å². The number of nitrogens with one attached hydrogen (secondary N) is 2. The van der Waals surface area contributed by atoms with Crippen LogP contribution in [0.5, 0.6) is 0 Å². The second-order valence-electron chi connectivity index (χ2n) is 13.6. The summed E-state index contributed by atoms with van der Waals surface area (Å²) in [5.74, 6) is 0.249. The van der Waals surface area contributed by atoms with Crippen LogP contribution in [0.1, 0.15) is 60.5 Å². The topological polar surface area (TPSA) is 98.0 Å². The van der Waals surface area contributed by atoms with E-state index in [2.05, 4.69) is 19.9 Å². The van der Waals surface area contributed by atoms with Crippen LogP contribution in [0.3, 0.4) is 0 Å². The largest absolute Gasteiger partial charge is 0.340 e. The molecule has 52 heavy (non-hydrogen) atoms. The maximum absolute atomic E-state index is 15.6. The van der Waals surface area contributed by atoms with Crippen molar-refractivity contribution < 1.29 is 18.4 Å². The summed E-state index contributed by atoms with van der Waals surface area (Å²) < 4.78 is 31.2. The molecule has 2 aromatic heterocycles. The molecule has 10 heteroatoms. The zero-order valence-corrected chi connectivity index (χ0v) is 28.6. The van der Waals surface area contributed by atoms with Gasteiger partial charge in [0.05, 0.1) is 48.7 Å². The number of aromatic amines is 2. The fourth-order valence-corrected chi connectivity index (χ4v) is 7.54. The average molecular weight is 697 g/mol. The fraction of sp³-hybridized carbons (Fsp3) is 0.238. The van der Waals surface area contributed by atoms with Gasteiger partial charge in [0.25, 0.3) is 0 Å². The summed E-state index contributed by atoms with van der Waals surface area (Å²) in [6, 6.07) is 28.6. The van der Waals surface area contributed by atoms with Crippen LogP contribution in [-0.4, -0.2) is 54.6 Å². The highest BCUT2D eigenvalue weighted by Gasteiger charge is 2.33. The van der Waals surface area contributed by atoms with Crippen LogP contribution in [0.4, 0.5) is 8.78 Å². The highest BCUT2D eigenvalue weighted by molar-refractivity contribution is 5.80. The molecule has 2 aliphatic heterocycles. The van der Waals surface area contributed by atoms with Crippen LogP contribution < -0.4 is 0 Å². The van der Waals surface area contributed by atoms with E-state index in [1.807, 2.05) is 82.6 Å². The van der Waals surface area contributed by atoms with Crippen molar-refractivity contribution in [1.29, 1.82) is 0 Å². The second-order valence-corrected chi connectivity index (χ2v) is 13.6. The van der Waals surface area contributed by atoms with Crippen molar-refractivity contribution in [3.63, 3.8) is 0 Å². The lowest BCUT2D eigenvalue weighted by molar-refractivity contribution is -0.132. The lowest BCUT2D eigenvalue weighted by Gasteiger charge is -2.23. The van der Waals surface area contributed by atoms with Crippen LogP contribution in [0, 0.1) is 11.6 Å². The van der Waals surface area contributed by atoms with Crippen molar-refractivity contribution in [2.24, 2.45) is 0 Å². The number of carbonyl (C=O) groups is 2. The Morgan fingerprint density at radius 2 is 1.08 bits per heavy atom.